The normalized spacial score (nSPS) is 14.7. The lowest BCUT2D eigenvalue weighted by Gasteiger charge is -2.24. The van der Waals surface area contributed by atoms with E-state index >= 15 is 0 Å². The Balaban J connectivity index is 0.000000349. The van der Waals surface area contributed by atoms with Crippen LogP contribution in [0, 0.1) is 5.92 Å². The third-order valence-corrected chi connectivity index (χ3v) is 6.24. The van der Waals surface area contributed by atoms with Crippen LogP contribution in [-0.2, 0) is 16.6 Å². The Morgan fingerprint density at radius 1 is 0.951 bits per heavy atom. The van der Waals surface area contributed by atoms with E-state index < -0.39 is 24.3 Å². The number of carbonyl (C=O) groups is 2. The van der Waals surface area contributed by atoms with Gasteiger partial charge in [-0.2, -0.15) is 26.3 Å². The molecule has 0 bridgehead atoms. The van der Waals surface area contributed by atoms with Gasteiger partial charge in [0.15, 0.2) is 0 Å². The van der Waals surface area contributed by atoms with E-state index in [2.05, 4.69) is 41.5 Å². The largest absolute Gasteiger partial charge is 0.490 e. The summed E-state index contributed by atoms with van der Waals surface area (Å²) < 4.78 is 71.5. The molecule has 1 aliphatic carbocycles. The molecular weight excluding hydrogens is 560 g/mol. The number of fused-ring (bicyclic) bond motifs is 1. The van der Waals surface area contributed by atoms with Crippen LogP contribution in [0.2, 0.25) is 0 Å². The van der Waals surface area contributed by atoms with E-state index in [-0.39, 0.29) is 0 Å². The SMILES string of the molecule is CC(NCC1CCCCC1)c1ccc(Oc2ccc3ncn(C)c3c2)cc1.O=C(O)C(F)(F)F.O=C(O)C(F)(F)F. The van der Waals surface area contributed by atoms with Gasteiger partial charge in [0.1, 0.15) is 11.5 Å². The second-order valence-corrected chi connectivity index (χ2v) is 9.42. The minimum atomic E-state index is -5.08. The highest BCUT2D eigenvalue weighted by Gasteiger charge is 2.38. The molecule has 0 radical (unpaired) electrons. The van der Waals surface area contributed by atoms with Crippen LogP contribution in [0.3, 0.4) is 0 Å². The number of carboxylic acid groups (broad SMARTS) is 2. The van der Waals surface area contributed by atoms with E-state index in [1.54, 1.807) is 0 Å². The fraction of sp³-hybridized carbons (Fsp3) is 0.444. The molecule has 2 aromatic carbocycles. The summed E-state index contributed by atoms with van der Waals surface area (Å²) in [6, 6.07) is 14.8. The van der Waals surface area contributed by atoms with Crippen molar-refractivity contribution in [2.75, 3.05) is 6.54 Å². The molecule has 1 fully saturated rings. The number of ether oxygens (including phenoxy) is 1. The lowest BCUT2D eigenvalue weighted by Crippen LogP contribution is -2.27. The summed E-state index contributed by atoms with van der Waals surface area (Å²) in [5.41, 5.74) is 3.36. The van der Waals surface area contributed by atoms with E-state index in [1.165, 1.54) is 37.7 Å². The van der Waals surface area contributed by atoms with Gasteiger partial charge in [-0.1, -0.05) is 31.4 Å². The molecule has 0 saturated heterocycles. The molecule has 1 aliphatic rings. The predicted octanol–water partition coefficient (Wildman–Crippen LogP) is 6.86. The van der Waals surface area contributed by atoms with E-state index in [9.17, 15) is 26.3 Å². The van der Waals surface area contributed by atoms with Gasteiger partial charge >= 0.3 is 24.3 Å². The summed E-state index contributed by atoms with van der Waals surface area (Å²) in [4.78, 5) is 22.1. The number of rotatable bonds is 6. The summed E-state index contributed by atoms with van der Waals surface area (Å²) in [7, 11) is 2.00. The fourth-order valence-electron chi connectivity index (χ4n) is 3.98. The maximum Gasteiger partial charge on any atom is 0.490 e. The second-order valence-electron chi connectivity index (χ2n) is 9.42. The van der Waals surface area contributed by atoms with Crippen LogP contribution in [0.5, 0.6) is 11.5 Å². The second kappa shape index (κ2) is 14.7. The van der Waals surface area contributed by atoms with E-state index in [0.29, 0.717) is 6.04 Å². The summed E-state index contributed by atoms with van der Waals surface area (Å²) in [5.74, 6) is -2.97. The number of hydrogen-bond donors (Lipinski definition) is 3. The molecule has 226 valence electrons. The molecule has 0 spiro atoms. The average molecular weight is 592 g/mol. The van der Waals surface area contributed by atoms with Crippen LogP contribution in [-0.4, -0.2) is 50.6 Å². The zero-order valence-corrected chi connectivity index (χ0v) is 22.3. The summed E-state index contributed by atoms with van der Waals surface area (Å²) in [5, 5.41) is 18.0. The third kappa shape index (κ3) is 11.3. The minimum absolute atomic E-state index is 0.367. The number of benzene rings is 2. The standard InChI is InChI=1S/C23H29N3O.2C2HF3O2/c1-17(24-15-18-6-4-3-5-7-18)19-8-10-20(11-9-19)27-21-12-13-22-23(14-21)26(2)16-25-22;2*3-2(4,5)1(6)7/h8-14,16-18,24H,3-7,15H2,1-2H3;2*(H,6,7). The molecule has 3 N–H and O–H groups in total. The first-order chi connectivity index (χ1) is 19.1. The number of aromatic nitrogens is 2. The Morgan fingerprint density at radius 3 is 1.98 bits per heavy atom. The van der Waals surface area contributed by atoms with Crippen molar-refractivity contribution in [3.05, 3.63) is 54.4 Å². The molecule has 4 rings (SSSR count). The summed E-state index contributed by atoms with van der Waals surface area (Å²) in [6.45, 7) is 3.37. The maximum absolute atomic E-state index is 10.6. The average Bonchev–Trinajstić information content (AvgIpc) is 3.28. The molecule has 41 heavy (non-hydrogen) atoms. The number of carboxylic acids is 2. The first kappa shape index (κ1) is 33.4. The van der Waals surface area contributed by atoms with Crippen molar-refractivity contribution in [2.24, 2.45) is 13.0 Å². The molecule has 1 saturated carbocycles. The molecule has 14 heteroatoms. The van der Waals surface area contributed by atoms with Crippen molar-refractivity contribution in [2.45, 2.75) is 57.4 Å². The molecule has 0 amide bonds. The Labute approximate surface area is 231 Å². The van der Waals surface area contributed by atoms with E-state index in [4.69, 9.17) is 24.5 Å². The molecule has 8 nitrogen and oxygen atoms in total. The lowest BCUT2D eigenvalue weighted by molar-refractivity contribution is -0.193. The molecule has 1 heterocycles. The zero-order chi connectivity index (χ0) is 30.8. The molecule has 0 aliphatic heterocycles. The first-order valence-electron chi connectivity index (χ1n) is 12.6. The number of nitrogens with one attached hydrogen (secondary N) is 1. The van der Waals surface area contributed by atoms with Gasteiger partial charge < -0.3 is 24.8 Å². The van der Waals surface area contributed by atoms with Gasteiger partial charge in [0.2, 0.25) is 0 Å². The fourth-order valence-corrected chi connectivity index (χ4v) is 3.98. The predicted molar refractivity (Wildman–Crippen MR) is 138 cm³/mol. The van der Waals surface area contributed by atoms with Crippen molar-refractivity contribution < 1.29 is 50.9 Å². The number of alkyl halides is 6. The topological polar surface area (TPSA) is 114 Å². The highest BCUT2D eigenvalue weighted by molar-refractivity contribution is 5.77. The highest BCUT2D eigenvalue weighted by Crippen LogP contribution is 2.27. The van der Waals surface area contributed by atoms with Gasteiger partial charge in [-0.25, -0.2) is 14.6 Å². The lowest BCUT2D eigenvalue weighted by atomic mass is 9.89. The summed E-state index contributed by atoms with van der Waals surface area (Å²) in [6.07, 6.45) is -1.36. The number of aryl methyl sites for hydroxylation is 1. The number of imidazole rings is 1. The van der Waals surface area contributed by atoms with Gasteiger partial charge in [-0.3, -0.25) is 0 Å². The van der Waals surface area contributed by atoms with Crippen molar-refractivity contribution in [1.29, 1.82) is 0 Å². The van der Waals surface area contributed by atoms with Crippen LogP contribution >= 0.6 is 0 Å². The van der Waals surface area contributed by atoms with Crippen LogP contribution in [0.4, 0.5) is 26.3 Å². The number of nitrogens with zero attached hydrogens (tertiary/aromatic N) is 2. The number of hydrogen-bond acceptors (Lipinski definition) is 5. The van der Waals surface area contributed by atoms with Crippen molar-refractivity contribution in [3.63, 3.8) is 0 Å². The molecule has 1 unspecified atom stereocenters. The van der Waals surface area contributed by atoms with E-state index in [0.717, 1.165) is 35.0 Å². The van der Waals surface area contributed by atoms with Gasteiger partial charge in [0.25, 0.3) is 0 Å². The maximum atomic E-state index is 10.6. The van der Waals surface area contributed by atoms with Crippen molar-refractivity contribution >= 4 is 23.0 Å². The highest BCUT2D eigenvalue weighted by atomic mass is 19.4. The van der Waals surface area contributed by atoms with Gasteiger partial charge in [0, 0.05) is 19.2 Å². The first-order valence-corrected chi connectivity index (χ1v) is 12.6. The van der Waals surface area contributed by atoms with Gasteiger partial charge in [-0.15, -0.1) is 0 Å². The smallest absolute Gasteiger partial charge is 0.475 e. The van der Waals surface area contributed by atoms with Gasteiger partial charge in [0.05, 0.1) is 17.4 Å². The minimum Gasteiger partial charge on any atom is -0.475 e. The number of aliphatic carboxylic acids is 2. The Hall–Kier alpha value is -3.81. The molecule has 3 aromatic rings. The van der Waals surface area contributed by atoms with Crippen molar-refractivity contribution in [1.82, 2.24) is 14.9 Å². The Morgan fingerprint density at radius 2 is 1.46 bits per heavy atom. The van der Waals surface area contributed by atoms with E-state index in [1.807, 2.05) is 36.1 Å². The van der Waals surface area contributed by atoms with Crippen LogP contribution in [0.25, 0.3) is 11.0 Å². The molecule has 1 atom stereocenters. The van der Waals surface area contributed by atoms with Crippen molar-refractivity contribution in [3.8, 4) is 11.5 Å². The molecular formula is C27H31F6N3O5. The Bertz CT molecular complexity index is 1250. The van der Waals surface area contributed by atoms with Crippen LogP contribution in [0.1, 0.15) is 50.6 Å². The van der Waals surface area contributed by atoms with Crippen LogP contribution in [0.15, 0.2) is 48.8 Å². The van der Waals surface area contributed by atoms with Gasteiger partial charge in [-0.05, 0) is 62.1 Å². The number of halogens is 6. The third-order valence-electron chi connectivity index (χ3n) is 6.24. The zero-order valence-electron chi connectivity index (χ0n) is 22.3. The monoisotopic (exact) mass is 591 g/mol. The Kier molecular flexibility index (Phi) is 12.0. The quantitative estimate of drug-likeness (QED) is 0.268. The summed E-state index contributed by atoms with van der Waals surface area (Å²) >= 11 is 0. The molecule has 1 aromatic heterocycles. The van der Waals surface area contributed by atoms with Crippen LogP contribution < -0.4 is 10.1 Å².